The predicted octanol–water partition coefficient (Wildman–Crippen LogP) is 4.95. The van der Waals surface area contributed by atoms with Crippen LogP contribution in [0.25, 0.3) is 0 Å². The average molecular weight is 346 g/mol. The molecule has 3 heteroatoms. The minimum absolute atomic E-state index is 0.0602. The number of hydrogen-bond donors (Lipinski definition) is 1. The first-order valence-electron chi connectivity index (χ1n) is 7.08. The normalized spacial score (nSPS) is 10.5. The number of anilines is 1. The van der Waals surface area contributed by atoms with E-state index >= 15 is 0 Å². The van der Waals surface area contributed by atoms with Crippen molar-refractivity contribution in [2.24, 2.45) is 0 Å². The van der Waals surface area contributed by atoms with Crippen molar-refractivity contribution in [1.82, 2.24) is 0 Å². The van der Waals surface area contributed by atoms with E-state index in [9.17, 15) is 4.79 Å². The van der Waals surface area contributed by atoms with Gasteiger partial charge in [-0.25, -0.2) is 0 Å². The van der Waals surface area contributed by atoms with Gasteiger partial charge in [-0.3, -0.25) is 4.79 Å². The molecular formula is C18H20BrNO. The van der Waals surface area contributed by atoms with Gasteiger partial charge in [0.1, 0.15) is 0 Å². The van der Waals surface area contributed by atoms with E-state index in [1.54, 1.807) is 0 Å². The second kappa shape index (κ2) is 6.90. The molecule has 21 heavy (non-hydrogen) atoms. The van der Waals surface area contributed by atoms with Crippen LogP contribution in [0.4, 0.5) is 5.69 Å². The van der Waals surface area contributed by atoms with Crippen LogP contribution in [0.5, 0.6) is 0 Å². The summed E-state index contributed by atoms with van der Waals surface area (Å²) < 4.78 is 1.04. The van der Waals surface area contributed by atoms with Crippen molar-refractivity contribution in [3.8, 4) is 0 Å². The van der Waals surface area contributed by atoms with Crippen molar-refractivity contribution < 1.29 is 4.79 Å². The minimum Gasteiger partial charge on any atom is -0.326 e. The molecule has 2 rings (SSSR count). The van der Waals surface area contributed by atoms with Crippen LogP contribution in [0.2, 0.25) is 0 Å². The monoisotopic (exact) mass is 345 g/mol. The Morgan fingerprint density at radius 1 is 1.10 bits per heavy atom. The third-order valence-corrected chi connectivity index (χ3v) is 3.94. The Morgan fingerprint density at radius 2 is 1.76 bits per heavy atom. The van der Waals surface area contributed by atoms with Gasteiger partial charge in [0.15, 0.2) is 0 Å². The van der Waals surface area contributed by atoms with Crippen LogP contribution in [-0.4, -0.2) is 5.91 Å². The Balaban J connectivity index is 1.99. The number of hydrogen-bond acceptors (Lipinski definition) is 1. The van der Waals surface area contributed by atoms with Crippen molar-refractivity contribution in [2.45, 2.75) is 33.6 Å². The first-order valence-corrected chi connectivity index (χ1v) is 7.87. The van der Waals surface area contributed by atoms with Crippen LogP contribution in [0.15, 0.2) is 40.9 Å². The summed E-state index contributed by atoms with van der Waals surface area (Å²) in [6.45, 7) is 6.08. The Bertz CT molecular complexity index is 641. The van der Waals surface area contributed by atoms with Crippen LogP contribution in [0.1, 0.15) is 28.7 Å². The van der Waals surface area contributed by atoms with E-state index in [1.165, 1.54) is 11.1 Å². The number of amides is 1. The van der Waals surface area contributed by atoms with Crippen molar-refractivity contribution in [1.29, 1.82) is 0 Å². The van der Waals surface area contributed by atoms with Gasteiger partial charge in [-0.1, -0.05) is 45.8 Å². The van der Waals surface area contributed by atoms with E-state index in [-0.39, 0.29) is 5.91 Å². The zero-order valence-electron chi connectivity index (χ0n) is 12.7. The smallest absolute Gasteiger partial charge is 0.224 e. The maximum Gasteiger partial charge on any atom is 0.224 e. The second-order valence-corrected chi connectivity index (χ2v) is 6.37. The van der Waals surface area contributed by atoms with Crippen molar-refractivity contribution in [2.75, 3.05) is 5.32 Å². The van der Waals surface area contributed by atoms with Gasteiger partial charge in [0.05, 0.1) is 0 Å². The lowest BCUT2D eigenvalue weighted by atomic mass is 10.1. The molecule has 2 nitrogen and oxygen atoms in total. The van der Waals surface area contributed by atoms with E-state index in [2.05, 4.69) is 46.4 Å². The van der Waals surface area contributed by atoms with Crippen LogP contribution in [-0.2, 0) is 11.2 Å². The first kappa shape index (κ1) is 15.8. The van der Waals surface area contributed by atoms with Crippen LogP contribution in [0.3, 0.4) is 0 Å². The zero-order valence-corrected chi connectivity index (χ0v) is 14.3. The van der Waals surface area contributed by atoms with Gasteiger partial charge in [0, 0.05) is 16.6 Å². The van der Waals surface area contributed by atoms with Gasteiger partial charge >= 0.3 is 0 Å². The predicted molar refractivity (Wildman–Crippen MR) is 91.7 cm³/mol. The van der Waals surface area contributed by atoms with E-state index in [0.717, 1.165) is 27.7 Å². The fourth-order valence-electron chi connectivity index (χ4n) is 2.44. The molecule has 0 saturated heterocycles. The minimum atomic E-state index is 0.0602. The molecule has 0 saturated carbocycles. The quantitative estimate of drug-likeness (QED) is 0.834. The van der Waals surface area contributed by atoms with Crippen LogP contribution >= 0.6 is 15.9 Å². The Labute approximate surface area is 134 Å². The fraction of sp³-hybridized carbons (Fsp3) is 0.278. The third-order valence-electron chi connectivity index (χ3n) is 3.49. The van der Waals surface area contributed by atoms with Gasteiger partial charge in [-0.05, 0) is 56.0 Å². The molecule has 0 radical (unpaired) electrons. The van der Waals surface area contributed by atoms with E-state index in [0.29, 0.717) is 6.42 Å². The largest absolute Gasteiger partial charge is 0.326 e. The summed E-state index contributed by atoms with van der Waals surface area (Å²) >= 11 is 3.47. The summed E-state index contributed by atoms with van der Waals surface area (Å²) in [6, 6.07) is 12.3. The summed E-state index contributed by atoms with van der Waals surface area (Å²) in [5, 5.41) is 3.03. The number of carbonyl (C=O) groups is 1. The maximum atomic E-state index is 12.1. The van der Waals surface area contributed by atoms with Gasteiger partial charge < -0.3 is 5.32 Å². The lowest BCUT2D eigenvalue weighted by Gasteiger charge is -2.12. The number of carbonyl (C=O) groups excluding carboxylic acids is 1. The SMILES string of the molecule is Cc1cccc(CCC(=O)Nc2c(C)cc(Br)cc2C)c1. The molecule has 0 heterocycles. The molecule has 0 spiro atoms. The Morgan fingerprint density at radius 3 is 2.38 bits per heavy atom. The number of aryl methyl sites for hydroxylation is 4. The van der Waals surface area contributed by atoms with Crippen LogP contribution in [0, 0.1) is 20.8 Å². The van der Waals surface area contributed by atoms with Gasteiger partial charge in [0.25, 0.3) is 0 Å². The molecule has 0 aromatic heterocycles. The highest BCUT2D eigenvalue weighted by atomic mass is 79.9. The topological polar surface area (TPSA) is 29.1 Å². The molecule has 0 bridgehead atoms. The molecule has 1 amide bonds. The van der Waals surface area contributed by atoms with Gasteiger partial charge in [-0.2, -0.15) is 0 Å². The summed E-state index contributed by atoms with van der Waals surface area (Å²) in [6.07, 6.45) is 1.26. The molecule has 110 valence electrons. The zero-order chi connectivity index (χ0) is 15.4. The fourth-order valence-corrected chi connectivity index (χ4v) is 3.12. The average Bonchev–Trinajstić information content (AvgIpc) is 2.40. The highest BCUT2D eigenvalue weighted by molar-refractivity contribution is 9.10. The standard InChI is InChI=1S/C18H20BrNO/c1-12-5-4-6-15(9-12)7-8-17(21)20-18-13(2)10-16(19)11-14(18)3/h4-6,9-11H,7-8H2,1-3H3,(H,20,21). The summed E-state index contributed by atoms with van der Waals surface area (Å²) in [4.78, 5) is 12.1. The molecule has 0 aliphatic carbocycles. The number of halogens is 1. The Hall–Kier alpha value is -1.61. The first-order chi connectivity index (χ1) is 9.95. The summed E-state index contributed by atoms with van der Waals surface area (Å²) in [5.41, 5.74) is 5.51. The molecular weight excluding hydrogens is 326 g/mol. The van der Waals surface area contributed by atoms with E-state index in [4.69, 9.17) is 0 Å². The second-order valence-electron chi connectivity index (χ2n) is 5.45. The molecule has 1 N–H and O–H groups in total. The van der Waals surface area contributed by atoms with Crippen molar-refractivity contribution in [3.05, 3.63) is 63.1 Å². The summed E-state index contributed by atoms with van der Waals surface area (Å²) in [5.74, 6) is 0.0602. The molecule has 2 aromatic rings. The highest BCUT2D eigenvalue weighted by Gasteiger charge is 2.08. The molecule has 2 aromatic carbocycles. The van der Waals surface area contributed by atoms with Gasteiger partial charge in [0.2, 0.25) is 5.91 Å². The molecule has 0 unspecified atom stereocenters. The maximum absolute atomic E-state index is 12.1. The van der Waals surface area contributed by atoms with E-state index in [1.807, 2.05) is 32.0 Å². The molecule has 0 aliphatic heterocycles. The number of rotatable bonds is 4. The van der Waals surface area contributed by atoms with E-state index < -0.39 is 0 Å². The highest BCUT2D eigenvalue weighted by Crippen LogP contribution is 2.25. The van der Waals surface area contributed by atoms with Gasteiger partial charge in [-0.15, -0.1) is 0 Å². The number of nitrogens with one attached hydrogen (secondary N) is 1. The van der Waals surface area contributed by atoms with Crippen molar-refractivity contribution in [3.63, 3.8) is 0 Å². The van der Waals surface area contributed by atoms with Crippen molar-refractivity contribution >= 4 is 27.5 Å². The third kappa shape index (κ3) is 4.43. The lowest BCUT2D eigenvalue weighted by Crippen LogP contribution is -2.14. The lowest BCUT2D eigenvalue weighted by molar-refractivity contribution is -0.116. The molecule has 0 aliphatic rings. The number of benzene rings is 2. The van der Waals surface area contributed by atoms with Crippen LogP contribution < -0.4 is 5.32 Å². The summed E-state index contributed by atoms with van der Waals surface area (Å²) in [7, 11) is 0. The Kier molecular flexibility index (Phi) is 5.18. The molecule has 0 atom stereocenters. The molecule has 0 fully saturated rings.